The summed E-state index contributed by atoms with van der Waals surface area (Å²) in [6.45, 7) is 1.98. The molecule has 0 aliphatic rings. The van der Waals surface area contributed by atoms with Gasteiger partial charge in [-0.25, -0.2) is 4.98 Å². The van der Waals surface area contributed by atoms with Gasteiger partial charge in [0.25, 0.3) is 0 Å². The van der Waals surface area contributed by atoms with E-state index < -0.39 is 16.4 Å². The zero-order chi connectivity index (χ0) is 22.1. The monoisotopic (exact) mass is 481 g/mol. The Morgan fingerprint density at radius 3 is 2.77 bits per heavy atom. The second-order valence-corrected chi connectivity index (χ2v) is 7.67. The summed E-state index contributed by atoms with van der Waals surface area (Å²) in [7, 11) is 1.51. The van der Waals surface area contributed by atoms with Crippen molar-refractivity contribution in [2.75, 3.05) is 7.11 Å². The Balaban J connectivity index is 1.76. The van der Waals surface area contributed by atoms with E-state index in [4.69, 9.17) is 9.15 Å². The molecule has 156 valence electrons. The van der Waals surface area contributed by atoms with Crippen LogP contribution in [0.2, 0.25) is 0 Å². The van der Waals surface area contributed by atoms with Gasteiger partial charge in [-0.1, -0.05) is 22.0 Å². The van der Waals surface area contributed by atoms with E-state index in [9.17, 15) is 15.2 Å². The fourth-order valence-electron chi connectivity index (χ4n) is 3.07. The Morgan fingerprint density at radius 2 is 2.03 bits per heavy atom. The molecule has 1 heterocycles. The Kier molecular flexibility index (Phi) is 5.43. The summed E-state index contributed by atoms with van der Waals surface area (Å²) < 4.78 is 11.7. The minimum Gasteiger partial charge on any atom is -0.502 e. The quantitative estimate of drug-likeness (QED) is 0.214. The summed E-state index contributed by atoms with van der Waals surface area (Å²) >= 11 is 3.21. The van der Waals surface area contributed by atoms with Crippen LogP contribution in [0.5, 0.6) is 11.5 Å². The topological polar surface area (TPSA) is 111 Å². The Morgan fingerprint density at radius 1 is 1.23 bits per heavy atom. The van der Waals surface area contributed by atoms with Gasteiger partial charge in [0.05, 0.1) is 12.0 Å². The van der Waals surface area contributed by atoms with Gasteiger partial charge >= 0.3 is 5.69 Å². The number of aliphatic imine (C=N–C) groups is 1. The van der Waals surface area contributed by atoms with Crippen molar-refractivity contribution in [2.24, 2.45) is 4.99 Å². The summed E-state index contributed by atoms with van der Waals surface area (Å²) in [5.74, 6) is 0.443. The molecule has 0 saturated heterocycles. The van der Waals surface area contributed by atoms with E-state index in [0.717, 1.165) is 11.1 Å². The molecular formula is C22H16BrN3O5. The summed E-state index contributed by atoms with van der Waals surface area (Å²) in [6, 6.07) is 13.8. The standard InChI is InChI=1S/C22H16BrN3O5/c1-12-3-5-20-17(7-12)25-22(31-20)13-4-6-19(30-2)16(9-13)24-11-14-8-15(23)10-18(21(14)27)26(28)29/h3-11,27H,1-2H3. The lowest BCUT2D eigenvalue weighted by Gasteiger charge is -2.06. The highest BCUT2D eigenvalue weighted by Crippen LogP contribution is 2.36. The molecule has 9 heteroatoms. The molecule has 0 bridgehead atoms. The number of halogens is 1. The molecule has 0 spiro atoms. The lowest BCUT2D eigenvalue weighted by Crippen LogP contribution is -1.93. The zero-order valence-corrected chi connectivity index (χ0v) is 18.1. The molecule has 0 amide bonds. The number of nitrogens with zero attached hydrogens (tertiary/aromatic N) is 3. The summed E-state index contributed by atoms with van der Waals surface area (Å²) in [6.07, 6.45) is 1.34. The summed E-state index contributed by atoms with van der Waals surface area (Å²) in [5.41, 5.74) is 3.40. The van der Waals surface area contributed by atoms with E-state index in [0.29, 0.717) is 32.9 Å². The first kappa shape index (κ1) is 20.5. The normalized spacial score (nSPS) is 11.3. The van der Waals surface area contributed by atoms with Crippen molar-refractivity contribution in [1.82, 2.24) is 4.98 Å². The molecule has 0 saturated carbocycles. The van der Waals surface area contributed by atoms with Crippen LogP contribution in [0.3, 0.4) is 0 Å². The third-order valence-corrected chi connectivity index (χ3v) is 5.05. The fourth-order valence-corrected chi connectivity index (χ4v) is 3.53. The molecule has 0 aliphatic heterocycles. The number of aromatic nitrogens is 1. The van der Waals surface area contributed by atoms with Crippen LogP contribution in [0.25, 0.3) is 22.6 Å². The molecule has 0 atom stereocenters. The molecular weight excluding hydrogens is 466 g/mol. The van der Waals surface area contributed by atoms with Crippen LogP contribution in [-0.2, 0) is 0 Å². The van der Waals surface area contributed by atoms with Crippen LogP contribution < -0.4 is 4.74 Å². The number of nitro benzene ring substituents is 1. The van der Waals surface area contributed by atoms with E-state index in [1.807, 2.05) is 25.1 Å². The largest absolute Gasteiger partial charge is 0.502 e. The van der Waals surface area contributed by atoms with Gasteiger partial charge < -0.3 is 14.3 Å². The number of aryl methyl sites for hydroxylation is 1. The molecule has 4 aromatic rings. The Bertz CT molecular complexity index is 1350. The lowest BCUT2D eigenvalue weighted by atomic mass is 10.1. The number of rotatable bonds is 5. The van der Waals surface area contributed by atoms with Gasteiger partial charge in [0.1, 0.15) is 17.0 Å². The third kappa shape index (κ3) is 4.13. The van der Waals surface area contributed by atoms with Gasteiger partial charge in [-0.15, -0.1) is 0 Å². The maximum atomic E-state index is 11.1. The maximum Gasteiger partial charge on any atom is 0.312 e. The first-order valence-electron chi connectivity index (χ1n) is 9.12. The van der Waals surface area contributed by atoms with Crippen molar-refractivity contribution in [1.29, 1.82) is 0 Å². The highest BCUT2D eigenvalue weighted by Gasteiger charge is 2.18. The van der Waals surface area contributed by atoms with Crippen molar-refractivity contribution < 1.29 is 19.2 Å². The molecule has 0 aliphatic carbocycles. The van der Waals surface area contributed by atoms with Crippen molar-refractivity contribution >= 4 is 44.6 Å². The number of aromatic hydroxyl groups is 1. The molecule has 3 aromatic carbocycles. The number of oxazole rings is 1. The molecule has 8 nitrogen and oxygen atoms in total. The average molecular weight is 482 g/mol. The van der Waals surface area contributed by atoms with Gasteiger partial charge in [-0.05, 0) is 48.9 Å². The van der Waals surface area contributed by atoms with Gasteiger partial charge in [-0.3, -0.25) is 15.1 Å². The van der Waals surface area contributed by atoms with Crippen LogP contribution in [0.1, 0.15) is 11.1 Å². The highest BCUT2D eigenvalue weighted by atomic mass is 79.9. The van der Waals surface area contributed by atoms with Gasteiger partial charge in [0.2, 0.25) is 11.6 Å². The second-order valence-electron chi connectivity index (χ2n) is 6.75. The van der Waals surface area contributed by atoms with Gasteiger partial charge in [0.15, 0.2) is 5.58 Å². The van der Waals surface area contributed by atoms with Crippen LogP contribution in [0.4, 0.5) is 11.4 Å². The van der Waals surface area contributed by atoms with E-state index in [1.54, 1.807) is 18.2 Å². The zero-order valence-electron chi connectivity index (χ0n) is 16.5. The van der Waals surface area contributed by atoms with Crippen LogP contribution in [0, 0.1) is 17.0 Å². The van der Waals surface area contributed by atoms with E-state index in [1.165, 1.54) is 25.5 Å². The van der Waals surface area contributed by atoms with Gasteiger partial charge in [0, 0.05) is 27.9 Å². The number of hydrogen-bond acceptors (Lipinski definition) is 7. The van der Waals surface area contributed by atoms with E-state index >= 15 is 0 Å². The lowest BCUT2D eigenvalue weighted by molar-refractivity contribution is -0.385. The fraction of sp³-hybridized carbons (Fsp3) is 0.0909. The SMILES string of the molecule is COc1ccc(-c2nc3cc(C)ccc3o2)cc1N=Cc1cc(Br)cc([N+](=O)[O-])c1O. The van der Waals surface area contributed by atoms with Crippen LogP contribution in [0.15, 0.2) is 62.4 Å². The first-order chi connectivity index (χ1) is 14.9. The maximum absolute atomic E-state index is 11.1. The molecule has 1 aromatic heterocycles. The minimum atomic E-state index is -0.659. The van der Waals surface area contributed by atoms with Crippen LogP contribution >= 0.6 is 15.9 Å². The number of phenols is 1. The molecule has 1 N–H and O–H groups in total. The Labute approximate surface area is 185 Å². The number of fused-ring (bicyclic) bond motifs is 1. The number of methoxy groups -OCH3 is 1. The first-order valence-corrected chi connectivity index (χ1v) is 9.91. The molecule has 0 unspecified atom stereocenters. The number of hydrogen-bond donors (Lipinski definition) is 1. The van der Waals surface area contributed by atoms with Gasteiger partial charge in [-0.2, -0.15) is 0 Å². The molecule has 31 heavy (non-hydrogen) atoms. The smallest absolute Gasteiger partial charge is 0.312 e. The minimum absolute atomic E-state index is 0.186. The number of nitro groups is 1. The van der Waals surface area contributed by atoms with Crippen molar-refractivity contribution in [3.63, 3.8) is 0 Å². The highest BCUT2D eigenvalue weighted by molar-refractivity contribution is 9.10. The van der Waals surface area contributed by atoms with Crippen LogP contribution in [-0.4, -0.2) is 28.3 Å². The van der Waals surface area contributed by atoms with Crippen molar-refractivity contribution in [3.8, 4) is 23.0 Å². The average Bonchev–Trinajstić information content (AvgIpc) is 3.16. The summed E-state index contributed by atoms with van der Waals surface area (Å²) in [4.78, 5) is 19.4. The number of phenolic OH excluding ortho intramolecular Hbond substituents is 1. The predicted octanol–water partition coefficient (Wildman–Crippen LogP) is 5.94. The van der Waals surface area contributed by atoms with Crippen molar-refractivity contribution in [3.05, 3.63) is 74.2 Å². The Hall–Kier alpha value is -3.72. The van der Waals surface area contributed by atoms with Crippen molar-refractivity contribution in [2.45, 2.75) is 6.92 Å². The van der Waals surface area contributed by atoms with E-state index in [-0.39, 0.29) is 5.56 Å². The third-order valence-electron chi connectivity index (χ3n) is 4.59. The second kappa shape index (κ2) is 8.19. The summed E-state index contributed by atoms with van der Waals surface area (Å²) in [5, 5.41) is 21.4. The van der Waals surface area contributed by atoms with E-state index in [2.05, 4.69) is 25.9 Å². The molecule has 0 fully saturated rings. The number of ether oxygens (including phenoxy) is 1. The predicted molar refractivity (Wildman–Crippen MR) is 120 cm³/mol. The molecule has 4 rings (SSSR count). The molecule has 0 radical (unpaired) electrons. The number of benzene rings is 3.